The van der Waals surface area contributed by atoms with Gasteiger partial charge in [-0.1, -0.05) is 18.2 Å². The first kappa shape index (κ1) is 15.3. The van der Waals surface area contributed by atoms with Gasteiger partial charge in [0, 0.05) is 38.9 Å². The van der Waals surface area contributed by atoms with Crippen LogP contribution in [0.15, 0.2) is 48.7 Å². The number of pyridine rings is 1. The predicted octanol–water partition coefficient (Wildman–Crippen LogP) is 2.44. The van der Waals surface area contributed by atoms with Gasteiger partial charge in [-0.25, -0.2) is 4.98 Å². The molecule has 2 aromatic rings. The van der Waals surface area contributed by atoms with E-state index in [1.54, 1.807) is 23.2 Å². The second-order valence-corrected chi connectivity index (χ2v) is 5.83. The molecule has 1 unspecified atom stereocenters. The van der Waals surface area contributed by atoms with Crippen LogP contribution in [0.2, 0.25) is 0 Å². The van der Waals surface area contributed by atoms with Crippen LogP contribution in [-0.2, 0) is 0 Å². The lowest BCUT2D eigenvalue weighted by molar-refractivity contribution is 0.0756. The highest BCUT2D eigenvalue weighted by molar-refractivity contribution is 5.96. The number of hydrogen-bond acceptors (Lipinski definition) is 4. The van der Waals surface area contributed by atoms with Crippen LogP contribution in [0.1, 0.15) is 16.8 Å². The first-order chi connectivity index (χ1) is 11.1. The Morgan fingerprint density at radius 3 is 2.83 bits per heavy atom. The van der Waals surface area contributed by atoms with Gasteiger partial charge in [0.1, 0.15) is 11.7 Å². The van der Waals surface area contributed by atoms with E-state index in [-0.39, 0.29) is 12.0 Å². The van der Waals surface area contributed by atoms with Crippen molar-refractivity contribution in [3.8, 4) is 5.88 Å². The van der Waals surface area contributed by atoms with Gasteiger partial charge >= 0.3 is 0 Å². The smallest absolute Gasteiger partial charge is 0.259 e. The Balaban J connectivity index is 1.68. The predicted molar refractivity (Wildman–Crippen MR) is 89.9 cm³/mol. The maximum Gasteiger partial charge on any atom is 0.259 e. The number of ether oxygens (including phenoxy) is 1. The first-order valence-electron chi connectivity index (χ1n) is 7.78. The summed E-state index contributed by atoms with van der Waals surface area (Å²) in [5, 5.41) is 0. The highest BCUT2D eigenvalue weighted by Crippen LogP contribution is 2.23. The van der Waals surface area contributed by atoms with Crippen LogP contribution in [0.4, 0.5) is 5.69 Å². The molecule has 5 heteroatoms. The summed E-state index contributed by atoms with van der Waals surface area (Å²) in [4.78, 5) is 20.5. The molecule has 0 aliphatic carbocycles. The molecule has 1 aliphatic heterocycles. The molecule has 0 saturated carbocycles. The lowest BCUT2D eigenvalue weighted by atomic mass is 10.2. The van der Waals surface area contributed by atoms with Crippen molar-refractivity contribution in [1.82, 2.24) is 9.88 Å². The van der Waals surface area contributed by atoms with E-state index in [1.807, 2.05) is 25.2 Å². The lowest BCUT2D eigenvalue weighted by Crippen LogP contribution is -2.36. The lowest BCUT2D eigenvalue weighted by Gasteiger charge is -2.24. The topological polar surface area (TPSA) is 45.7 Å². The van der Waals surface area contributed by atoms with Gasteiger partial charge in [-0.3, -0.25) is 4.79 Å². The third-order valence-corrected chi connectivity index (χ3v) is 4.09. The number of benzene rings is 1. The van der Waals surface area contributed by atoms with Crippen LogP contribution < -0.4 is 9.64 Å². The van der Waals surface area contributed by atoms with Crippen molar-refractivity contribution in [3.63, 3.8) is 0 Å². The molecule has 0 N–H and O–H groups in total. The van der Waals surface area contributed by atoms with Crippen LogP contribution in [0, 0.1) is 0 Å². The first-order valence-corrected chi connectivity index (χ1v) is 7.78. The zero-order valence-electron chi connectivity index (χ0n) is 13.5. The molecule has 0 saturated heterocycles. The van der Waals surface area contributed by atoms with E-state index in [4.69, 9.17) is 4.74 Å². The molecular weight excluding hydrogens is 290 g/mol. The van der Waals surface area contributed by atoms with Crippen molar-refractivity contribution in [2.45, 2.75) is 12.5 Å². The summed E-state index contributed by atoms with van der Waals surface area (Å²) >= 11 is 0. The average molecular weight is 311 g/mol. The molecule has 5 nitrogen and oxygen atoms in total. The highest BCUT2D eigenvalue weighted by atomic mass is 16.5. The van der Waals surface area contributed by atoms with Gasteiger partial charge in [0.05, 0.1) is 6.54 Å². The van der Waals surface area contributed by atoms with Crippen molar-refractivity contribution in [2.24, 2.45) is 0 Å². The van der Waals surface area contributed by atoms with E-state index in [2.05, 4.69) is 29.1 Å². The zero-order chi connectivity index (χ0) is 16.2. The fourth-order valence-corrected chi connectivity index (χ4v) is 2.74. The normalized spacial score (nSPS) is 17.2. The number of hydrogen-bond donors (Lipinski definition) is 0. The molecule has 1 aliphatic rings. The molecule has 1 amide bonds. The van der Waals surface area contributed by atoms with Gasteiger partial charge < -0.3 is 14.5 Å². The largest absolute Gasteiger partial charge is 0.472 e. The molecule has 0 bridgehead atoms. The van der Waals surface area contributed by atoms with Crippen LogP contribution in [0.5, 0.6) is 5.88 Å². The second kappa shape index (κ2) is 6.69. The minimum Gasteiger partial charge on any atom is -0.472 e. The van der Waals surface area contributed by atoms with E-state index in [0.29, 0.717) is 18.0 Å². The van der Waals surface area contributed by atoms with Crippen molar-refractivity contribution in [2.75, 3.05) is 32.1 Å². The molecular formula is C18H21N3O2. The van der Waals surface area contributed by atoms with E-state index < -0.39 is 0 Å². The average Bonchev–Trinajstić information content (AvgIpc) is 2.71. The molecule has 1 aromatic heterocycles. The minimum atomic E-state index is -0.0636. The molecule has 2 heterocycles. The Labute approximate surface area is 136 Å². The van der Waals surface area contributed by atoms with Gasteiger partial charge in [0.25, 0.3) is 5.91 Å². The van der Waals surface area contributed by atoms with Crippen molar-refractivity contribution in [1.29, 1.82) is 0 Å². The fourth-order valence-electron chi connectivity index (χ4n) is 2.74. The summed E-state index contributed by atoms with van der Waals surface area (Å²) in [6.07, 6.45) is 2.41. The molecule has 0 fully saturated rings. The van der Waals surface area contributed by atoms with Crippen LogP contribution in [-0.4, -0.2) is 49.1 Å². The van der Waals surface area contributed by atoms with E-state index >= 15 is 0 Å². The number of anilines is 1. The Morgan fingerprint density at radius 2 is 2.04 bits per heavy atom. The Hall–Kier alpha value is -2.56. The third kappa shape index (κ3) is 3.44. The minimum absolute atomic E-state index is 0.0352. The quantitative estimate of drug-likeness (QED) is 0.870. The molecule has 1 aromatic carbocycles. The zero-order valence-corrected chi connectivity index (χ0v) is 13.5. The molecule has 1 atom stereocenters. The summed E-state index contributed by atoms with van der Waals surface area (Å²) in [5.41, 5.74) is 1.71. The Kier molecular flexibility index (Phi) is 4.46. The van der Waals surface area contributed by atoms with Gasteiger partial charge in [-0.05, 0) is 24.3 Å². The monoisotopic (exact) mass is 311 g/mol. The SMILES string of the molecule is CN1CC(CCN(C)c2ccccc2)Oc2ncccc2C1=O. The number of nitrogens with zero attached hydrogens (tertiary/aromatic N) is 3. The van der Waals surface area contributed by atoms with Gasteiger partial charge in [0.15, 0.2) is 0 Å². The molecule has 120 valence electrons. The number of amides is 1. The van der Waals surface area contributed by atoms with Crippen LogP contribution >= 0.6 is 0 Å². The number of aromatic nitrogens is 1. The Bertz CT molecular complexity index is 675. The van der Waals surface area contributed by atoms with Crippen molar-refractivity contribution in [3.05, 3.63) is 54.2 Å². The summed E-state index contributed by atoms with van der Waals surface area (Å²) in [6, 6.07) is 13.8. The fraction of sp³-hybridized carbons (Fsp3) is 0.333. The maximum atomic E-state index is 12.3. The van der Waals surface area contributed by atoms with E-state index in [1.165, 1.54) is 5.69 Å². The standard InChI is InChI=1S/C18H21N3O2/c1-20(14-7-4-3-5-8-14)12-10-15-13-21(2)18(22)16-9-6-11-19-17(16)23-15/h3-9,11,15H,10,12-13H2,1-2H3. The van der Waals surface area contributed by atoms with Gasteiger partial charge in [-0.2, -0.15) is 0 Å². The number of para-hydroxylation sites is 1. The van der Waals surface area contributed by atoms with Crippen molar-refractivity contribution >= 4 is 11.6 Å². The van der Waals surface area contributed by atoms with Crippen LogP contribution in [0.3, 0.4) is 0 Å². The second-order valence-electron chi connectivity index (χ2n) is 5.83. The van der Waals surface area contributed by atoms with Crippen molar-refractivity contribution < 1.29 is 9.53 Å². The van der Waals surface area contributed by atoms with Gasteiger partial charge in [0.2, 0.25) is 5.88 Å². The number of likely N-dealkylation sites (N-methyl/N-ethyl adjacent to an activating group) is 1. The number of carbonyl (C=O) groups excluding carboxylic acids is 1. The van der Waals surface area contributed by atoms with E-state index in [0.717, 1.165) is 13.0 Å². The number of carbonyl (C=O) groups is 1. The Morgan fingerprint density at radius 1 is 1.26 bits per heavy atom. The molecule has 0 radical (unpaired) electrons. The van der Waals surface area contributed by atoms with E-state index in [9.17, 15) is 4.79 Å². The molecule has 3 rings (SSSR count). The summed E-state index contributed by atoms with van der Waals surface area (Å²) in [6.45, 7) is 1.41. The molecule has 23 heavy (non-hydrogen) atoms. The highest BCUT2D eigenvalue weighted by Gasteiger charge is 2.27. The molecule has 0 spiro atoms. The third-order valence-electron chi connectivity index (χ3n) is 4.09. The summed E-state index contributed by atoms with van der Waals surface area (Å²) < 4.78 is 5.98. The summed E-state index contributed by atoms with van der Waals surface area (Å²) in [5.74, 6) is 0.404. The number of rotatable bonds is 4. The maximum absolute atomic E-state index is 12.3. The number of fused-ring (bicyclic) bond motifs is 1. The van der Waals surface area contributed by atoms with Crippen LogP contribution in [0.25, 0.3) is 0 Å². The summed E-state index contributed by atoms with van der Waals surface area (Å²) in [7, 11) is 3.87. The van der Waals surface area contributed by atoms with Gasteiger partial charge in [-0.15, -0.1) is 0 Å².